The minimum absolute atomic E-state index is 0.372. The molecule has 0 fully saturated rings. The smallest absolute Gasteiger partial charge is 0.0406 e. The molecule has 2 aromatic rings. The molecule has 0 amide bonds. The Labute approximate surface area is 113 Å². The lowest BCUT2D eigenvalue weighted by Crippen LogP contribution is -2.31. The van der Waals surface area contributed by atoms with E-state index in [-0.39, 0.29) is 0 Å². The molecule has 92 valence electrons. The number of nitrogens with one attached hydrogen (secondary N) is 1. The van der Waals surface area contributed by atoms with E-state index in [4.69, 9.17) is 11.6 Å². The summed E-state index contributed by atoms with van der Waals surface area (Å²) in [6.07, 6.45) is 1.16. The Morgan fingerprint density at radius 3 is 2.50 bits per heavy atom. The van der Waals surface area contributed by atoms with E-state index < -0.39 is 0 Å². The predicted octanol–water partition coefficient (Wildman–Crippen LogP) is 3.94. The Balaban J connectivity index is 1.89. The standard InChI is InChI=1S/C16H16ClN/c1-18-16(11-6-8-13(17)9-7-11)15-10-12-4-2-3-5-14(12)15/h2-9,15-16,18H,10H2,1H3. The molecule has 1 aliphatic carbocycles. The molecule has 18 heavy (non-hydrogen) atoms. The Morgan fingerprint density at radius 1 is 1.11 bits per heavy atom. The van der Waals surface area contributed by atoms with Gasteiger partial charge in [-0.1, -0.05) is 48.0 Å². The molecule has 0 spiro atoms. The minimum atomic E-state index is 0.372. The van der Waals surface area contributed by atoms with Crippen LogP contribution in [-0.4, -0.2) is 7.05 Å². The molecule has 0 aliphatic heterocycles. The van der Waals surface area contributed by atoms with Crippen molar-refractivity contribution in [3.8, 4) is 0 Å². The molecule has 3 rings (SSSR count). The van der Waals surface area contributed by atoms with Crippen LogP contribution < -0.4 is 5.32 Å². The zero-order valence-electron chi connectivity index (χ0n) is 10.4. The average Bonchev–Trinajstić information content (AvgIpc) is 2.37. The number of benzene rings is 2. The van der Waals surface area contributed by atoms with Gasteiger partial charge in [0, 0.05) is 17.0 Å². The Morgan fingerprint density at radius 2 is 1.83 bits per heavy atom. The molecule has 0 aromatic heterocycles. The van der Waals surface area contributed by atoms with Crippen LogP contribution in [0.2, 0.25) is 5.02 Å². The van der Waals surface area contributed by atoms with Gasteiger partial charge in [0.25, 0.3) is 0 Å². The van der Waals surface area contributed by atoms with Crippen LogP contribution in [0.3, 0.4) is 0 Å². The molecule has 1 aliphatic rings. The fourth-order valence-corrected chi connectivity index (χ4v) is 2.99. The van der Waals surface area contributed by atoms with E-state index in [1.54, 1.807) is 0 Å². The zero-order chi connectivity index (χ0) is 12.5. The second-order valence-corrected chi connectivity index (χ2v) is 5.26. The predicted molar refractivity (Wildman–Crippen MR) is 76.1 cm³/mol. The van der Waals surface area contributed by atoms with Gasteiger partial charge in [0.15, 0.2) is 0 Å². The molecule has 2 atom stereocenters. The van der Waals surface area contributed by atoms with Crippen molar-refractivity contribution < 1.29 is 0 Å². The van der Waals surface area contributed by atoms with Crippen molar-refractivity contribution in [2.45, 2.75) is 18.4 Å². The molecule has 0 bridgehead atoms. The number of likely N-dealkylation sites (N-methyl/N-ethyl adjacent to an activating group) is 1. The molecule has 2 aromatic carbocycles. The van der Waals surface area contributed by atoms with E-state index in [0.717, 1.165) is 11.4 Å². The summed E-state index contributed by atoms with van der Waals surface area (Å²) in [4.78, 5) is 0. The Hall–Kier alpha value is -1.31. The molecule has 2 unspecified atom stereocenters. The summed E-state index contributed by atoms with van der Waals surface area (Å²) in [5.74, 6) is 0.576. The molecular weight excluding hydrogens is 242 g/mol. The third-order valence-corrected chi connectivity index (χ3v) is 4.09. The maximum atomic E-state index is 5.95. The van der Waals surface area contributed by atoms with Gasteiger partial charge < -0.3 is 5.32 Å². The van der Waals surface area contributed by atoms with Crippen LogP contribution in [0, 0.1) is 0 Å². The van der Waals surface area contributed by atoms with Gasteiger partial charge in [0.2, 0.25) is 0 Å². The second kappa shape index (κ2) is 4.75. The van der Waals surface area contributed by atoms with Gasteiger partial charge in [-0.05, 0) is 42.3 Å². The van der Waals surface area contributed by atoms with Crippen molar-refractivity contribution in [1.29, 1.82) is 0 Å². The van der Waals surface area contributed by atoms with Crippen molar-refractivity contribution in [2.24, 2.45) is 0 Å². The van der Waals surface area contributed by atoms with Crippen LogP contribution >= 0.6 is 11.6 Å². The normalized spacial score (nSPS) is 18.9. The summed E-state index contributed by atoms with van der Waals surface area (Å²) in [6, 6.07) is 17.2. The summed E-state index contributed by atoms with van der Waals surface area (Å²) in [7, 11) is 2.03. The van der Waals surface area contributed by atoms with Crippen LogP contribution in [0.4, 0.5) is 0 Å². The van der Waals surface area contributed by atoms with Gasteiger partial charge in [-0.3, -0.25) is 0 Å². The summed E-state index contributed by atoms with van der Waals surface area (Å²) in [5.41, 5.74) is 4.27. The summed E-state index contributed by atoms with van der Waals surface area (Å²) in [5, 5.41) is 4.23. The third-order valence-electron chi connectivity index (χ3n) is 3.84. The van der Waals surface area contributed by atoms with Crippen LogP contribution in [-0.2, 0) is 6.42 Å². The van der Waals surface area contributed by atoms with Crippen LogP contribution in [0.5, 0.6) is 0 Å². The maximum Gasteiger partial charge on any atom is 0.0406 e. The van der Waals surface area contributed by atoms with Gasteiger partial charge in [-0.15, -0.1) is 0 Å². The lowest BCUT2D eigenvalue weighted by atomic mass is 9.72. The summed E-state index contributed by atoms with van der Waals surface area (Å²) in [6.45, 7) is 0. The highest BCUT2D eigenvalue weighted by atomic mass is 35.5. The highest BCUT2D eigenvalue weighted by Crippen LogP contribution is 2.43. The highest BCUT2D eigenvalue weighted by molar-refractivity contribution is 6.30. The van der Waals surface area contributed by atoms with E-state index >= 15 is 0 Å². The van der Waals surface area contributed by atoms with Crippen molar-refractivity contribution in [1.82, 2.24) is 5.32 Å². The van der Waals surface area contributed by atoms with Crippen molar-refractivity contribution in [3.63, 3.8) is 0 Å². The number of fused-ring (bicyclic) bond motifs is 1. The van der Waals surface area contributed by atoms with Crippen molar-refractivity contribution in [2.75, 3.05) is 7.05 Å². The largest absolute Gasteiger partial charge is 0.312 e. The molecule has 1 nitrogen and oxygen atoms in total. The quantitative estimate of drug-likeness (QED) is 0.878. The molecule has 2 heteroatoms. The number of halogens is 1. The molecule has 1 N–H and O–H groups in total. The first-order chi connectivity index (χ1) is 8.79. The Kier molecular flexibility index (Phi) is 3.11. The van der Waals surface area contributed by atoms with E-state index in [1.165, 1.54) is 16.7 Å². The lowest BCUT2D eigenvalue weighted by Gasteiger charge is -2.36. The molecule has 0 saturated carbocycles. The zero-order valence-corrected chi connectivity index (χ0v) is 11.1. The lowest BCUT2D eigenvalue weighted by molar-refractivity contribution is 0.439. The van der Waals surface area contributed by atoms with Crippen LogP contribution in [0.1, 0.15) is 28.7 Å². The fourth-order valence-electron chi connectivity index (χ4n) is 2.87. The maximum absolute atomic E-state index is 5.95. The highest BCUT2D eigenvalue weighted by Gasteiger charge is 2.32. The minimum Gasteiger partial charge on any atom is -0.312 e. The first-order valence-electron chi connectivity index (χ1n) is 6.30. The fraction of sp³-hybridized carbons (Fsp3) is 0.250. The SMILES string of the molecule is CNC(c1ccc(Cl)cc1)C1Cc2ccccc21. The summed E-state index contributed by atoms with van der Waals surface area (Å²) < 4.78 is 0. The Bertz CT molecular complexity index is 547. The van der Waals surface area contributed by atoms with Gasteiger partial charge in [-0.2, -0.15) is 0 Å². The van der Waals surface area contributed by atoms with Gasteiger partial charge in [0.1, 0.15) is 0 Å². The van der Waals surface area contributed by atoms with Gasteiger partial charge in [0.05, 0.1) is 0 Å². The van der Waals surface area contributed by atoms with E-state index in [1.807, 2.05) is 19.2 Å². The first-order valence-corrected chi connectivity index (χ1v) is 6.68. The molecule has 0 saturated heterocycles. The van der Waals surface area contributed by atoms with E-state index in [9.17, 15) is 0 Å². The van der Waals surface area contributed by atoms with Crippen LogP contribution in [0.15, 0.2) is 48.5 Å². The van der Waals surface area contributed by atoms with Gasteiger partial charge >= 0.3 is 0 Å². The second-order valence-electron chi connectivity index (χ2n) is 4.83. The van der Waals surface area contributed by atoms with Gasteiger partial charge in [-0.25, -0.2) is 0 Å². The topological polar surface area (TPSA) is 12.0 Å². The summed E-state index contributed by atoms with van der Waals surface area (Å²) >= 11 is 5.95. The number of hydrogen-bond donors (Lipinski definition) is 1. The monoisotopic (exact) mass is 257 g/mol. The third kappa shape index (κ3) is 1.94. The van der Waals surface area contributed by atoms with E-state index in [0.29, 0.717) is 12.0 Å². The van der Waals surface area contributed by atoms with Crippen molar-refractivity contribution >= 4 is 11.6 Å². The average molecular weight is 258 g/mol. The molecule has 0 radical (unpaired) electrons. The molecule has 0 heterocycles. The number of rotatable bonds is 3. The number of hydrogen-bond acceptors (Lipinski definition) is 1. The molecular formula is C16H16ClN. The van der Waals surface area contributed by atoms with E-state index in [2.05, 4.69) is 41.7 Å². The first kappa shape index (κ1) is 11.8. The van der Waals surface area contributed by atoms with Crippen molar-refractivity contribution in [3.05, 3.63) is 70.2 Å². The van der Waals surface area contributed by atoms with Crippen LogP contribution in [0.25, 0.3) is 0 Å².